The van der Waals surface area contributed by atoms with E-state index in [4.69, 9.17) is 4.74 Å². The minimum Gasteiger partial charge on any atom is -0.465 e. The maximum absolute atomic E-state index is 12.9. The summed E-state index contributed by atoms with van der Waals surface area (Å²) in [7, 11) is 1.36. The highest BCUT2D eigenvalue weighted by Crippen LogP contribution is 2.40. The van der Waals surface area contributed by atoms with Crippen LogP contribution in [0, 0.1) is 0 Å². The molecule has 0 saturated heterocycles. The van der Waals surface area contributed by atoms with E-state index >= 15 is 0 Å². The summed E-state index contributed by atoms with van der Waals surface area (Å²) in [5.74, 6) is 0.209. The number of benzene rings is 2. The number of carbonyl (C=O) groups excluding carboxylic acids is 2. The van der Waals surface area contributed by atoms with Gasteiger partial charge in [-0.2, -0.15) is 0 Å². The Kier molecular flexibility index (Phi) is 5.47. The number of methoxy groups -OCH3 is 1. The molecule has 0 saturated carbocycles. The first-order valence-corrected chi connectivity index (χ1v) is 10.3. The fourth-order valence-corrected chi connectivity index (χ4v) is 4.70. The number of hydrogen-bond acceptors (Lipinski definition) is 3. The number of carbonyl (C=O) groups is 2. The van der Waals surface area contributed by atoms with Crippen molar-refractivity contribution in [2.45, 2.75) is 57.3 Å². The van der Waals surface area contributed by atoms with Crippen LogP contribution in [0.4, 0.5) is 5.69 Å². The SMILES string of the molecule is COC(=O)c1ccc(NC(=O)c2cc3c4c(c2)CCCCC4CCCC3)cc1. The van der Waals surface area contributed by atoms with Crippen molar-refractivity contribution in [3.63, 3.8) is 0 Å². The van der Waals surface area contributed by atoms with Gasteiger partial charge in [0, 0.05) is 11.3 Å². The van der Waals surface area contributed by atoms with Crippen LogP contribution in [-0.2, 0) is 17.6 Å². The molecule has 0 aromatic heterocycles. The molecule has 2 aromatic rings. The quantitative estimate of drug-likeness (QED) is 0.742. The van der Waals surface area contributed by atoms with Crippen LogP contribution in [0.3, 0.4) is 0 Å². The van der Waals surface area contributed by atoms with Crippen LogP contribution >= 0.6 is 0 Å². The Bertz CT molecular complexity index is 852. The molecule has 0 fully saturated rings. The predicted molar refractivity (Wildman–Crippen MR) is 110 cm³/mol. The van der Waals surface area contributed by atoms with Gasteiger partial charge in [-0.25, -0.2) is 4.79 Å². The summed E-state index contributed by atoms with van der Waals surface area (Å²) in [4.78, 5) is 24.5. The average Bonchev–Trinajstić information content (AvgIpc) is 3.05. The summed E-state index contributed by atoms with van der Waals surface area (Å²) in [5, 5.41) is 2.97. The number of nitrogens with one attached hydrogen (secondary N) is 1. The summed E-state index contributed by atoms with van der Waals surface area (Å²) in [6.45, 7) is 0. The third kappa shape index (κ3) is 3.82. The van der Waals surface area contributed by atoms with Gasteiger partial charge < -0.3 is 10.1 Å². The van der Waals surface area contributed by atoms with E-state index in [9.17, 15) is 9.59 Å². The smallest absolute Gasteiger partial charge is 0.337 e. The number of ether oxygens (including phenoxy) is 1. The van der Waals surface area contributed by atoms with Crippen LogP contribution in [0.5, 0.6) is 0 Å². The normalized spacial score (nSPS) is 16.5. The molecule has 4 heteroatoms. The molecule has 0 radical (unpaired) electrons. The van der Waals surface area contributed by atoms with Crippen molar-refractivity contribution in [2.24, 2.45) is 0 Å². The molecule has 4 nitrogen and oxygen atoms in total. The Morgan fingerprint density at radius 3 is 2.07 bits per heavy atom. The van der Waals surface area contributed by atoms with Crippen LogP contribution in [0.2, 0.25) is 0 Å². The van der Waals surface area contributed by atoms with Crippen molar-refractivity contribution in [1.29, 1.82) is 0 Å². The van der Waals surface area contributed by atoms with E-state index in [0.717, 1.165) is 18.4 Å². The van der Waals surface area contributed by atoms with Gasteiger partial charge in [0.05, 0.1) is 12.7 Å². The lowest BCUT2D eigenvalue weighted by atomic mass is 9.86. The highest BCUT2D eigenvalue weighted by atomic mass is 16.5. The minimum absolute atomic E-state index is 0.0880. The number of aryl methyl sites for hydroxylation is 2. The largest absolute Gasteiger partial charge is 0.465 e. The fraction of sp³-hybridized carbons (Fsp3) is 0.417. The topological polar surface area (TPSA) is 55.4 Å². The number of hydrogen-bond donors (Lipinski definition) is 1. The van der Waals surface area contributed by atoms with Gasteiger partial charge in [0.25, 0.3) is 5.91 Å². The number of esters is 1. The zero-order valence-corrected chi connectivity index (χ0v) is 16.4. The molecule has 1 N–H and O–H groups in total. The standard InChI is InChI=1S/C24H27NO3/c1-28-24(27)17-10-12-21(13-11-17)25-23(26)20-14-18-8-4-2-6-16-7-3-5-9-19(15-20)22(16)18/h10-16H,2-9H2,1H3,(H,25,26). The summed E-state index contributed by atoms with van der Waals surface area (Å²) >= 11 is 0. The van der Waals surface area contributed by atoms with Gasteiger partial charge in [0.2, 0.25) is 0 Å². The molecule has 0 bridgehead atoms. The Labute approximate surface area is 166 Å². The number of anilines is 1. The van der Waals surface area contributed by atoms with Crippen molar-refractivity contribution in [3.05, 3.63) is 64.2 Å². The van der Waals surface area contributed by atoms with Crippen LogP contribution in [0.1, 0.15) is 81.8 Å². The summed E-state index contributed by atoms with van der Waals surface area (Å²) in [5.41, 5.74) is 6.21. The molecule has 0 unspecified atom stereocenters. The van der Waals surface area contributed by atoms with E-state index in [0.29, 0.717) is 17.2 Å². The highest BCUT2D eigenvalue weighted by Gasteiger charge is 2.25. The Balaban J connectivity index is 1.59. The summed E-state index contributed by atoms with van der Waals surface area (Å²) < 4.78 is 4.71. The predicted octanol–water partition coefficient (Wildman–Crippen LogP) is 5.26. The maximum atomic E-state index is 12.9. The monoisotopic (exact) mass is 377 g/mol. The van der Waals surface area contributed by atoms with E-state index < -0.39 is 0 Å². The van der Waals surface area contributed by atoms with E-state index in [1.807, 2.05) is 0 Å². The fourth-order valence-electron chi connectivity index (χ4n) is 4.70. The second-order valence-electron chi connectivity index (χ2n) is 7.92. The van der Waals surface area contributed by atoms with Crippen LogP contribution in [0.25, 0.3) is 0 Å². The molecule has 2 aliphatic rings. The molecular formula is C24H27NO3. The molecule has 0 aliphatic heterocycles. The molecule has 0 atom stereocenters. The van der Waals surface area contributed by atoms with Gasteiger partial charge >= 0.3 is 5.97 Å². The first-order valence-electron chi connectivity index (χ1n) is 10.3. The average molecular weight is 377 g/mol. The van der Waals surface area contributed by atoms with Crippen molar-refractivity contribution in [2.75, 3.05) is 12.4 Å². The maximum Gasteiger partial charge on any atom is 0.337 e. The second kappa shape index (κ2) is 8.17. The Hall–Kier alpha value is -2.62. The van der Waals surface area contributed by atoms with Crippen molar-refractivity contribution >= 4 is 17.6 Å². The second-order valence-corrected chi connectivity index (χ2v) is 7.92. The van der Waals surface area contributed by atoms with E-state index in [2.05, 4.69) is 17.4 Å². The molecule has 146 valence electrons. The Morgan fingerprint density at radius 2 is 1.50 bits per heavy atom. The summed E-state index contributed by atoms with van der Waals surface area (Å²) in [6, 6.07) is 11.0. The molecule has 4 rings (SSSR count). The lowest BCUT2D eigenvalue weighted by molar-refractivity contribution is 0.0600. The highest BCUT2D eigenvalue weighted by molar-refractivity contribution is 6.04. The van der Waals surface area contributed by atoms with Gasteiger partial charge in [-0.1, -0.05) is 12.8 Å². The van der Waals surface area contributed by atoms with Crippen LogP contribution < -0.4 is 5.32 Å². The third-order valence-electron chi connectivity index (χ3n) is 6.08. The molecule has 28 heavy (non-hydrogen) atoms. The van der Waals surface area contributed by atoms with Gasteiger partial charge in [0.1, 0.15) is 0 Å². The molecule has 1 amide bonds. The molecule has 0 heterocycles. The zero-order valence-electron chi connectivity index (χ0n) is 16.4. The van der Waals surface area contributed by atoms with E-state index in [1.165, 1.54) is 56.8 Å². The molecule has 2 aromatic carbocycles. The van der Waals surface area contributed by atoms with Crippen molar-refractivity contribution < 1.29 is 14.3 Å². The molecule has 2 aliphatic carbocycles. The van der Waals surface area contributed by atoms with Gasteiger partial charge in [0.15, 0.2) is 0 Å². The van der Waals surface area contributed by atoms with Gasteiger partial charge in [-0.3, -0.25) is 4.79 Å². The van der Waals surface area contributed by atoms with Crippen LogP contribution in [0.15, 0.2) is 36.4 Å². The van der Waals surface area contributed by atoms with E-state index in [-0.39, 0.29) is 11.9 Å². The lowest BCUT2D eigenvalue weighted by Gasteiger charge is -2.20. The number of amides is 1. The van der Waals surface area contributed by atoms with Gasteiger partial charge in [-0.15, -0.1) is 0 Å². The van der Waals surface area contributed by atoms with Crippen molar-refractivity contribution in [1.82, 2.24) is 0 Å². The third-order valence-corrected chi connectivity index (χ3v) is 6.08. The van der Waals surface area contributed by atoms with Crippen LogP contribution in [-0.4, -0.2) is 19.0 Å². The first kappa shape index (κ1) is 18.7. The number of rotatable bonds is 3. The first-order chi connectivity index (χ1) is 13.7. The van der Waals surface area contributed by atoms with Gasteiger partial charge in [-0.05, 0) is 97.5 Å². The molecule has 0 spiro atoms. The van der Waals surface area contributed by atoms with E-state index in [1.54, 1.807) is 29.8 Å². The minimum atomic E-state index is -0.381. The zero-order chi connectivity index (χ0) is 19.5. The molecular weight excluding hydrogens is 350 g/mol. The summed E-state index contributed by atoms with van der Waals surface area (Å²) in [6.07, 6.45) is 9.73. The Morgan fingerprint density at radius 1 is 0.893 bits per heavy atom. The van der Waals surface area contributed by atoms with Crippen molar-refractivity contribution in [3.8, 4) is 0 Å². The lowest BCUT2D eigenvalue weighted by Crippen LogP contribution is -2.14.